The van der Waals surface area contributed by atoms with Crippen LogP contribution in [0.3, 0.4) is 0 Å². The van der Waals surface area contributed by atoms with Crippen LogP contribution in [-0.4, -0.2) is 169 Å². The van der Waals surface area contributed by atoms with Gasteiger partial charge in [-0.15, -0.1) is 0 Å². The van der Waals surface area contributed by atoms with E-state index in [4.69, 9.17) is 19.9 Å². The van der Waals surface area contributed by atoms with E-state index in [-0.39, 0.29) is 61.6 Å². The first-order chi connectivity index (χ1) is 39.1. The van der Waals surface area contributed by atoms with Crippen molar-refractivity contribution >= 4 is 53.3 Å². The van der Waals surface area contributed by atoms with Crippen LogP contribution in [0.25, 0.3) is 0 Å². The monoisotopic (exact) mass is 1160 g/mol. The lowest BCUT2D eigenvalue weighted by Gasteiger charge is -2.41. The van der Waals surface area contributed by atoms with E-state index in [1.54, 1.807) is 80.9 Å². The van der Waals surface area contributed by atoms with E-state index in [1.165, 1.54) is 26.2 Å². The molecule has 0 aliphatic carbocycles. The van der Waals surface area contributed by atoms with Crippen LogP contribution in [0.2, 0.25) is 0 Å². The lowest BCUT2D eigenvalue weighted by atomic mass is 9.89. The molecule has 9 amide bonds. The Hall–Kier alpha value is -6.36. The summed E-state index contributed by atoms with van der Waals surface area (Å²) in [6.45, 7) is 22.8. The SMILES string of the molecule is CC[C@H](C)[C@@H]([C@@H](CC(=O)N1CCC[C@H]1[C@H](OC)[C@@H](C)C(=O)N[C@H](C)[C@@H](O)c1ccccc1)OC)N(C)C(=O)[C@@H](NC(=O)[C@H](C(C)C)N(C)C(=O)OCc1ccc(NC(=O)[C@H](CCCNC(N)=O)NC(=O)[C@@H](NC(C)C)C(C)C)cc1)C(C)C. The number of benzene rings is 2. The molecule has 0 saturated carbocycles. The van der Waals surface area contributed by atoms with Crippen LogP contribution in [0.4, 0.5) is 15.3 Å². The molecule has 83 heavy (non-hydrogen) atoms. The maximum absolute atomic E-state index is 14.8. The minimum absolute atomic E-state index is 0.0193. The van der Waals surface area contributed by atoms with Crippen molar-refractivity contribution in [2.75, 3.05) is 46.7 Å². The predicted molar refractivity (Wildman–Crippen MR) is 319 cm³/mol. The number of hydrogen-bond donors (Lipinski definition) is 8. The highest BCUT2D eigenvalue weighted by atomic mass is 16.6. The Morgan fingerprint density at radius 1 is 0.747 bits per heavy atom. The second-order valence-corrected chi connectivity index (χ2v) is 23.6. The highest BCUT2D eigenvalue weighted by molar-refractivity contribution is 5.98. The summed E-state index contributed by atoms with van der Waals surface area (Å²) in [6.07, 6.45) is -0.673. The van der Waals surface area contributed by atoms with Gasteiger partial charge in [0, 0.05) is 53.1 Å². The number of likely N-dealkylation sites (tertiary alicyclic amines) is 1. The molecule has 0 aromatic heterocycles. The third kappa shape index (κ3) is 21.0. The minimum atomic E-state index is -1.05. The number of ether oxygens (including phenoxy) is 3. The predicted octanol–water partition coefficient (Wildman–Crippen LogP) is 5.47. The van der Waals surface area contributed by atoms with Gasteiger partial charge >= 0.3 is 12.1 Å². The number of carbonyl (C=O) groups is 8. The van der Waals surface area contributed by atoms with Crippen molar-refractivity contribution in [2.24, 2.45) is 35.3 Å². The van der Waals surface area contributed by atoms with Crippen LogP contribution < -0.4 is 37.6 Å². The Labute approximate surface area is 493 Å². The topological polar surface area (TPSA) is 292 Å². The molecule has 1 aliphatic rings. The summed E-state index contributed by atoms with van der Waals surface area (Å²) in [6, 6.07) is 9.83. The normalized spacial score (nSPS) is 17.5. The molecule has 2 aromatic rings. The fourth-order valence-corrected chi connectivity index (χ4v) is 10.8. The Balaban J connectivity index is 1.71. The summed E-state index contributed by atoms with van der Waals surface area (Å²) in [5, 5.41) is 28.3. The first kappa shape index (κ1) is 70.9. The van der Waals surface area contributed by atoms with E-state index in [1.807, 2.05) is 73.6 Å². The summed E-state index contributed by atoms with van der Waals surface area (Å²) >= 11 is 0. The van der Waals surface area contributed by atoms with E-state index >= 15 is 0 Å². The maximum atomic E-state index is 14.8. The van der Waals surface area contributed by atoms with Crippen molar-refractivity contribution < 1.29 is 57.7 Å². The van der Waals surface area contributed by atoms with Crippen molar-refractivity contribution in [2.45, 2.75) is 195 Å². The Morgan fingerprint density at radius 3 is 1.92 bits per heavy atom. The van der Waals surface area contributed by atoms with E-state index in [2.05, 4.69) is 31.9 Å². The molecule has 9 N–H and O–H groups in total. The summed E-state index contributed by atoms with van der Waals surface area (Å²) in [7, 11) is 6.14. The number of aliphatic hydroxyl groups is 1. The molecule has 1 heterocycles. The molecule has 0 spiro atoms. The van der Waals surface area contributed by atoms with Crippen molar-refractivity contribution in [1.29, 1.82) is 0 Å². The number of nitrogens with zero attached hydrogens (tertiary/aromatic N) is 3. The van der Waals surface area contributed by atoms with Gasteiger partial charge in [0.1, 0.15) is 24.7 Å². The fraction of sp³-hybridized carbons (Fsp3) is 0.672. The van der Waals surface area contributed by atoms with Gasteiger partial charge in [-0.3, -0.25) is 33.7 Å². The van der Waals surface area contributed by atoms with Gasteiger partial charge in [-0.25, -0.2) is 9.59 Å². The van der Waals surface area contributed by atoms with Crippen LogP contribution in [0.1, 0.15) is 139 Å². The zero-order valence-corrected chi connectivity index (χ0v) is 52.2. The van der Waals surface area contributed by atoms with E-state index < -0.39 is 108 Å². The van der Waals surface area contributed by atoms with E-state index in [0.29, 0.717) is 49.0 Å². The number of carbonyl (C=O) groups excluding carboxylic acids is 8. The first-order valence-electron chi connectivity index (χ1n) is 29.4. The number of amides is 9. The third-order valence-electron chi connectivity index (χ3n) is 15.7. The number of nitrogens with one attached hydrogen (secondary N) is 6. The number of primary amides is 1. The molecule has 3 rings (SSSR count). The average molecular weight is 1170 g/mol. The Morgan fingerprint density at radius 2 is 1.37 bits per heavy atom. The van der Waals surface area contributed by atoms with Crippen LogP contribution in [0.15, 0.2) is 54.6 Å². The average Bonchev–Trinajstić information content (AvgIpc) is 4.01. The molecular weight excluding hydrogens is 1060 g/mol. The lowest BCUT2D eigenvalue weighted by molar-refractivity contribution is -0.148. The number of nitrogens with two attached hydrogens (primary N) is 1. The van der Waals surface area contributed by atoms with Gasteiger partial charge in [-0.05, 0) is 79.5 Å². The maximum Gasteiger partial charge on any atom is 0.410 e. The number of anilines is 1. The summed E-state index contributed by atoms with van der Waals surface area (Å²) in [5.41, 5.74) is 6.89. The van der Waals surface area contributed by atoms with Gasteiger partial charge in [-0.2, -0.15) is 0 Å². The van der Waals surface area contributed by atoms with Gasteiger partial charge in [0.2, 0.25) is 35.4 Å². The van der Waals surface area contributed by atoms with Crippen molar-refractivity contribution in [3.05, 3.63) is 65.7 Å². The molecule has 0 unspecified atom stereocenters. The highest BCUT2D eigenvalue weighted by Crippen LogP contribution is 2.30. The number of aliphatic hydroxyl groups excluding tert-OH is 1. The largest absolute Gasteiger partial charge is 0.445 e. The summed E-state index contributed by atoms with van der Waals surface area (Å²) in [4.78, 5) is 114. The molecule has 1 fully saturated rings. The lowest BCUT2D eigenvalue weighted by Crippen LogP contribution is -2.60. The first-order valence-corrected chi connectivity index (χ1v) is 29.4. The summed E-state index contributed by atoms with van der Waals surface area (Å²) < 4.78 is 17.7. The molecular formula is C61H100N10O12. The number of methoxy groups -OCH3 is 2. The molecule has 0 bridgehead atoms. The molecule has 22 heteroatoms. The highest BCUT2D eigenvalue weighted by Gasteiger charge is 2.44. The van der Waals surface area contributed by atoms with Crippen LogP contribution in [0.5, 0.6) is 0 Å². The molecule has 22 nitrogen and oxygen atoms in total. The molecule has 1 saturated heterocycles. The van der Waals surface area contributed by atoms with Gasteiger partial charge in [-0.1, -0.05) is 125 Å². The minimum Gasteiger partial charge on any atom is -0.445 e. The summed E-state index contributed by atoms with van der Waals surface area (Å²) in [5.74, 6) is -3.99. The molecule has 12 atom stereocenters. The smallest absolute Gasteiger partial charge is 0.410 e. The number of urea groups is 1. The van der Waals surface area contributed by atoms with E-state index in [0.717, 1.165) is 0 Å². The second kappa shape index (κ2) is 34.4. The standard InChI is InChI=1S/C61H100N10O12/c1-17-39(10)52(47(81-15)33-48(72)71-32-22-26-46(71)54(82-16)40(11)55(74)65-41(12)53(73)43-23-19-18-20-24-43)69(13)59(78)50(36(4)5)68-58(77)51(37(6)7)70(14)61(80)83-34-42-27-29-44(30-28-42)66-56(75)45(25-21-31-63-60(62)79)67-57(76)49(35(2)3)64-38(8)9/h18-20,23-24,27-30,35-41,45-47,49-54,64,73H,17,21-22,25-26,31-34H2,1-16H3,(H,65,74)(H,66,75)(H,67,76)(H,68,77)(H3,62,63,79)/t39-,40+,41+,45-,46-,47+,49-,50-,51-,52-,53+,54+/m0/s1. The fourth-order valence-electron chi connectivity index (χ4n) is 10.8. The Bertz CT molecular complexity index is 2390. The van der Waals surface area contributed by atoms with Crippen LogP contribution >= 0.6 is 0 Å². The number of hydrogen-bond acceptors (Lipinski definition) is 13. The van der Waals surface area contributed by atoms with Crippen molar-refractivity contribution in [1.82, 2.24) is 41.3 Å². The second-order valence-electron chi connectivity index (χ2n) is 23.6. The van der Waals surface area contributed by atoms with E-state index in [9.17, 15) is 43.5 Å². The van der Waals surface area contributed by atoms with Crippen molar-refractivity contribution in [3.8, 4) is 0 Å². The number of rotatable bonds is 33. The van der Waals surface area contributed by atoms with Gasteiger partial charge in [0.15, 0.2) is 0 Å². The Kier molecular flexibility index (Phi) is 29.4. The molecule has 1 aliphatic heterocycles. The van der Waals surface area contributed by atoms with Crippen LogP contribution in [0, 0.1) is 29.6 Å². The molecule has 0 radical (unpaired) electrons. The van der Waals surface area contributed by atoms with Gasteiger partial charge in [0.25, 0.3) is 0 Å². The quantitative estimate of drug-likeness (QED) is 0.0412. The zero-order chi connectivity index (χ0) is 62.4. The van der Waals surface area contributed by atoms with Crippen molar-refractivity contribution in [3.63, 3.8) is 0 Å². The molecule has 466 valence electrons. The number of likely N-dealkylation sites (N-methyl/N-ethyl adjacent to an activating group) is 2. The van der Waals surface area contributed by atoms with Gasteiger partial charge < -0.3 is 66.8 Å². The van der Waals surface area contributed by atoms with Gasteiger partial charge in [0.05, 0.1) is 54.8 Å². The zero-order valence-electron chi connectivity index (χ0n) is 52.2. The third-order valence-corrected chi connectivity index (χ3v) is 15.7. The van der Waals surface area contributed by atoms with Crippen LogP contribution in [-0.2, 0) is 49.6 Å². The molecule has 2 aromatic carbocycles.